The Kier molecular flexibility index (Phi) is 6.24. The van der Waals surface area contributed by atoms with E-state index in [-0.39, 0.29) is 16.7 Å². The summed E-state index contributed by atoms with van der Waals surface area (Å²) in [6.45, 7) is 7.90. The van der Waals surface area contributed by atoms with Gasteiger partial charge in [0.15, 0.2) is 11.6 Å². The van der Waals surface area contributed by atoms with E-state index in [2.05, 4.69) is 31.1 Å². The molecule has 0 aliphatic rings. The fraction of sp³-hybridized carbons (Fsp3) is 0.304. The van der Waals surface area contributed by atoms with E-state index in [0.29, 0.717) is 5.52 Å². The molecule has 9 heteroatoms. The Morgan fingerprint density at radius 1 is 1.03 bits per heavy atom. The molecule has 32 heavy (non-hydrogen) atoms. The maximum absolute atomic E-state index is 14.3. The van der Waals surface area contributed by atoms with Gasteiger partial charge >= 0.3 is 0 Å². The molecule has 2 aromatic carbocycles. The van der Waals surface area contributed by atoms with E-state index in [1.807, 2.05) is 24.3 Å². The Hall–Kier alpha value is -3.07. The summed E-state index contributed by atoms with van der Waals surface area (Å²) in [5.74, 6) is -2.66. The lowest BCUT2D eigenvalue weighted by molar-refractivity contribution is 0.0935. The number of carbonyl (C=O) groups excluding carboxylic acids is 1. The molecule has 0 bridgehead atoms. The van der Waals surface area contributed by atoms with Crippen molar-refractivity contribution in [3.8, 4) is 0 Å². The quantitative estimate of drug-likeness (QED) is 0.578. The number of nitrogens with zero attached hydrogens (tertiary/aromatic N) is 1. The predicted octanol–water partition coefficient (Wildman–Crippen LogP) is 4.67. The summed E-state index contributed by atoms with van der Waals surface area (Å²) in [6, 6.07) is 10.5. The number of pyridine rings is 1. The maximum Gasteiger partial charge on any atom is 0.270 e. The van der Waals surface area contributed by atoms with Crippen LogP contribution in [0.4, 0.5) is 14.5 Å². The summed E-state index contributed by atoms with van der Waals surface area (Å²) in [5.41, 5.74) is 1.34. The van der Waals surface area contributed by atoms with Crippen molar-refractivity contribution in [1.82, 2.24) is 10.3 Å². The molecule has 1 heterocycles. The molecule has 3 aromatic rings. The highest BCUT2D eigenvalue weighted by Crippen LogP contribution is 2.27. The van der Waals surface area contributed by atoms with Gasteiger partial charge in [0.05, 0.1) is 17.8 Å². The number of sulfonamides is 1. The second kappa shape index (κ2) is 8.46. The van der Waals surface area contributed by atoms with E-state index in [0.717, 1.165) is 29.3 Å². The molecule has 3 rings (SSSR count). The molecule has 1 aromatic heterocycles. The first-order chi connectivity index (χ1) is 14.7. The van der Waals surface area contributed by atoms with Crippen molar-refractivity contribution in [2.24, 2.45) is 0 Å². The lowest BCUT2D eigenvalue weighted by atomic mass is 9.86. The Labute approximate surface area is 186 Å². The van der Waals surface area contributed by atoms with Crippen LogP contribution < -0.4 is 10.0 Å². The Morgan fingerprint density at radius 3 is 2.22 bits per heavy atom. The summed E-state index contributed by atoms with van der Waals surface area (Å²) >= 11 is 0. The summed E-state index contributed by atoms with van der Waals surface area (Å²) in [6.07, 6.45) is 0.795. The highest BCUT2D eigenvalue weighted by atomic mass is 32.2. The smallest absolute Gasteiger partial charge is 0.270 e. The van der Waals surface area contributed by atoms with Crippen molar-refractivity contribution < 1.29 is 22.0 Å². The van der Waals surface area contributed by atoms with E-state index >= 15 is 0 Å². The third-order valence-electron chi connectivity index (χ3n) is 4.99. The number of rotatable bonds is 5. The molecule has 0 aliphatic heterocycles. The zero-order valence-electron chi connectivity index (χ0n) is 18.5. The van der Waals surface area contributed by atoms with Gasteiger partial charge in [-0.1, -0.05) is 32.9 Å². The molecule has 6 nitrogen and oxygen atoms in total. The number of hydrogen-bond donors (Lipinski definition) is 2. The van der Waals surface area contributed by atoms with Gasteiger partial charge in [-0.2, -0.15) is 0 Å². The van der Waals surface area contributed by atoms with Gasteiger partial charge in [-0.15, -0.1) is 0 Å². The average molecular weight is 462 g/mol. The summed E-state index contributed by atoms with van der Waals surface area (Å²) < 4.78 is 52.9. The van der Waals surface area contributed by atoms with Crippen LogP contribution in [0, 0.1) is 11.6 Å². The van der Waals surface area contributed by atoms with Crippen molar-refractivity contribution in [3.05, 3.63) is 70.9 Å². The van der Waals surface area contributed by atoms with Crippen LogP contribution in [-0.4, -0.2) is 25.6 Å². The zero-order valence-corrected chi connectivity index (χ0v) is 19.3. The molecule has 170 valence electrons. The number of aromatic nitrogens is 1. The number of anilines is 1. The van der Waals surface area contributed by atoms with E-state index in [1.165, 1.54) is 0 Å². The molecule has 0 radical (unpaired) electrons. The minimum atomic E-state index is -3.85. The number of carbonyl (C=O) groups is 1. The molecule has 1 unspecified atom stereocenters. The lowest BCUT2D eigenvalue weighted by Gasteiger charge is -2.19. The highest BCUT2D eigenvalue weighted by molar-refractivity contribution is 7.92. The Bertz CT molecular complexity index is 1280. The van der Waals surface area contributed by atoms with Crippen molar-refractivity contribution >= 4 is 32.5 Å². The van der Waals surface area contributed by atoms with E-state index in [1.54, 1.807) is 17.7 Å². The van der Waals surface area contributed by atoms with Gasteiger partial charge in [-0.3, -0.25) is 9.52 Å². The standard InChI is InChI=1S/C23H25F2N3O3S/c1-13(15-11-17(24)21(18(25)12-15)28-32(5,30)31)26-22(29)20-8-6-14-10-16(23(2,3)4)7-9-19(14)27-20/h6-13,28H,1-5H3,(H,26,29). The molecular formula is C23H25F2N3O3S. The first kappa shape index (κ1) is 23.6. The fourth-order valence-corrected chi connectivity index (χ4v) is 3.76. The number of hydrogen-bond acceptors (Lipinski definition) is 4. The van der Waals surface area contributed by atoms with Crippen LogP contribution in [0.2, 0.25) is 0 Å². The summed E-state index contributed by atoms with van der Waals surface area (Å²) in [7, 11) is -3.85. The van der Waals surface area contributed by atoms with Crippen LogP contribution in [0.25, 0.3) is 10.9 Å². The molecule has 0 spiro atoms. The third kappa shape index (κ3) is 5.40. The first-order valence-electron chi connectivity index (χ1n) is 9.93. The van der Waals surface area contributed by atoms with Crippen molar-refractivity contribution in [1.29, 1.82) is 0 Å². The van der Waals surface area contributed by atoms with Crippen LogP contribution in [0.1, 0.15) is 55.4 Å². The predicted molar refractivity (Wildman–Crippen MR) is 121 cm³/mol. The van der Waals surface area contributed by atoms with Crippen LogP contribution in [0.15, 0.2) is 42.5 Å². The number of nitrogens with one attached hydrogen (secondary N) is 2. The average Bonchev–Trinajstić information content (AvgIpc) is 2.68. The van der Waals surface area contributed by atoms with E-state index < -0.39 is 39.3 Å². The minimum absolute atomic E-state index is 0.0173. The monoisotopic (exact) mass is 461 g/mol. The molecule has 0 fully saturated rings. The molecular weight excluding hydrogens is 436 g/mol. The number of fused-ring (bicyclic) bond motifs is 1. The Balaban J connectivity index is 1.81. The topological polar surface area (TPSA) is 88.2 Å². The molecule has 2 N–H and O–H groups in total. The SMILES string of the molecule is CC(NC(=O)c1ccc2cc(C(C)(C)C)ccc2n1)c1cc(F)c(NS(C)(=O)=O)c(F)c1. The van der Waals surface area contributed by atoms with Crippen LogP contribution >= 0.6 is 0 Å². The third-order valence-corrected chi connectivity index (χ3v) is 5.56. The van der Waals surface area contributed by atoms with E-state index in [4.69, 9.17) is 0 Å². The van der Waals surface area contributed by atoms with Gasteiger partial charge in [-0.05, 0) is 53.8 Å². The van der Waals surface area contributed by atoms with E-state index in [9.17, 15) is 22.0 Å². The molecule has 0 saturated carbocycles. The molecule has 1 atom stereocenters. The van der Waals surface area contributed by atoms with Gasteiger partial charge in [0.1, 0.15) is 11.4 Å². The van der Waals surface area contributed by atoms with Crippen molar-refractivity contribution in [2.75, 3.05) is 11.0 Å². The van der Waals surface area contributed by atoms with Crippen LogP contribution in [0.5, 0.6) is 0 Å². The highest BCUT2D eigenvalue weighted by Gasteiger charge is 2.20. The first-order valence-corrected chi connectivity index (χ1v) is 11.8. The maximum atomic E-state index is 14.3. The number of amides is 1. The van der Waals surface area contributed by atoms with Crippen LogP contribution in [0.3, 0.4) is 0 Å². The lowest BCUT2D eigenvalue weighted by Crippen LogP contribution is -2.27. The van der Waals surface area contributed by atoms with Gasteiger partial charge in [0, 0.05) is 5.39 Å². The van der Waals surface area contributed by atoms with Gasteiger partial charge in [0.25, 0.3) is 5.91 Å². The largest absolute Gasteiger partial charge is 0.344 e. The molecule has 0 saturated heterocycles. The van der Waals surface area contributed by atoms with Crippen molar-refractivity contribution in [2.45, 2.75) is 39.2 Å². The summed E-state index contributed by atoms with van der Waals surface area (Å²) in [5, 5.41) is 3.56. The normalized spacial score (nSPS) is 13.1. The summed E-state index contributed by atoms with van der Waals surface area (Å²) in [4.78, 5) is 17.1. The number of benzene rings is 2. The zero-order chi connectivity index (χ0) is 23.8. The number of halogens is 2. The molecule has 1 amide bonds. The van der Waals surface area contributed by atoms with Crippen LogP contribution in [-0.2, 0) is 15.4 Å². The molecule has 0 aliphatic carbocycles. The Morgan fingerprint density at radius 2 is 1.66 bits per heavy atom. The van der Waals surface area contributed by atoms with Gasteiger partial charge < -0.3 is 5.32 Å². The van der Waals surface area contributed by atoms with Gasteiger partial charge in [0.2, 0.25) is 10.0 Å². The van der Waals surface area contributed by atoms with Gasteiger partial charge in [-0.25, -0.2) is 22.2 Å². The van der Waals surface area contributed by atoms with Crippen molar-refractivity contribution in [3.63, 3.8) is 0 Å². The second-order valence-corrected chi connectivity index (χ2v) is 10.5. The second-order valence-electron chi connectivity index (χ2n) is 8.78. The minimum Gasteiger partial charge on any atom is -0.344 e. The fourth-order valence-electron chi connectivity index (χ4n) is 3.20.